The lowest BCUT2D eigenvalue weighted by Gasteiger charge is -2.40. The van der Waals surface area contributed by atoms with E-state index in [1.165, 1.54) is 50.2 Å². The molecule has 0 N–H and O–H groups in total. The molecule has 342 valence electrons. The average Bonchev–Trinajstić information content (AvgIpc) is 3.89. The zero-order valence-electron chi connectivity index (χ0n) is 41.3. The van der Waals surface area contributed by atoms with Gasteiger partial charge in [0.05, 0.1) is 33.8 Å². The lowest BCUT2D eigenvalue weighted by atomic mass is 9.55. The molecule has 0 unspecified atom stereocenters. The number of pyridine rings is 1. The Morgan fingerprint density at radius 3 is 1.93 bits per heavy atom. The standard InChI is InChI=1S/C62H60BN5O/c1-60(2,3)44-30-32-64-57(37-44)68-53-25-14-13-24-50(53)51-29-28-49(39-56(51)68)69-48-23-19-22-47(38-48)65-41-66(55-27-16-15-26-54(55)65)59-52(43-34-45(61(4,5)6)36-46(35-43)62(7,8)9)40-63-31-17-18-33-67(63)58(59)42-20-11-10-12-21-42/h10-40H,41H2,1-9H3. The Balaban J connectivity index is 1.01. The molecule has 2 aromatic heterocycles. The van der Waals surface area contributed by atoms with Gasteiger partial charge in [0.15, 0.2) is 0 Å². The van der Waals surface area contributed by atoms with Crippen molar-refractivity contribution >= 4 is 57.0 Å². The van der Waals surface area contributed by atoms with Gasteiger partial charge in [0, 0.05) is 34.8 Å². The third-order valence-corrected chi connectivity index (χ3v) is 14.0. The molecule has 0 bridgehead atoms. The van der Waals surface area contributed by atoms with Gasteiger partial charge in [0.1, 0.15) is 24.0 Å². The first-order chi connectivity index (χ1) is 33.1. The van der Waals surface area contributed by atoms with E-state index in [1.807, 2.05) is 6.20 Å². The van der Waals surface area contributed by atoms with Crippen LogP contribution in [0.5, 0.6) is 11.5 Å². The van der Waals surface area contributed by atoms with Crippen LogP contribution >= 0.6 is 0 Å². The van der Waals surface area contributed by atoms with E-state index >= 15 is 0 Å². The Hall–Kier alpha value is -7.51. The highest BCUT2D eigenvalue weighted by Gasteiger charge is 2.39. The van der Waals surface area contributed by atoms with Crippen LogP contribution in [-0.2, 0) is 16.2 Å². The van der Waals surface area contributed by atoms with Crippen LogP contribution in [0.3, 0.4) is 0 Å². The fourth-order valence-corrected chi connectivity index (χ4v) is 10.2. The highest BCUT2D eigenvalue weighted by atomic mass is 16.5. The zero-order valence-corrected chi connectivity index (χ0v) is 41.3. The molecule has 0 spiro atoms. The van der Waals surface area contributed by atoms with E-state index < -0.39 is 0 Å². The maximum Gasteiger partial charge on any atom is 0.313 e. The normalized spacial score (nSPS) is 15.1. The van der Waals surface area contributed by atoms with Gasteiger partial charge in [-0.1, -0.05) is 165 Å². The van der Waals surface area contributed by atoms with E-state index in [-0.39, 0.29) is 23.1 Å². The van der Waals surface area contributed by atoms with Crippen molar-refractivity contribution in [3.63, 3.8) is 0 Å². The molecule has 3 aliphatic rings. The molecule has 6 nitrogen and oxygen atoms in total. The molecular weight excluding hydrogens is 842 g/mol. The molecule has 3 aliphatic heterocycles. The van der Waals surface area contributed by atoms with Gasteiger partial charge < -0.3 is 19.3 Å². The van der Waals surface area contributed by atoms with Crippen LogP contribution in [0.1, 0.15) is 90.1 Å². The Morgan fingerprint density at radius 1 is 0.522 bits per heavy atom. The van der Waals surface area contributed by atoms with Crippen molar-refractivity contribution in [1.29, 1.82) is 0 Å². The number of fused-ring (bicyclic) bond motifs is 5. The summed E-state index contributed by atoms with van der Waals surface area (Å²) in [5.74, 6) is 7.21. The summed E-state index contributed by atoms with van der Waals surface area (Å²) in [5, 5.41) is 2.34. The van der Waals surface area contributed by atoms with Crippen molar-refractivity contribution in [2.45, 2.75) is 78.6 Å². The molecule has 0 aliphatic carbocycles. The Morgan fingerprint density at radius 2 is 1.19 bits per heavy atom. The highest BCUT2D eigenvalue weighted by Crippen LogP contribution is 2.50. The molecule has 69 heavy (non-hydrogen) atoms. The van der Waals surface area contributed by atoms with E-state index in [0.717, 1.165) is 50.8 Å². The van der Waals surface area contributed by atoms with Gasteiger partial charge in [-0.25, -0.2) is 4.98 Å². The minimum Gasteiger partial charge on any atom is -0.457 e. The number of hydrogen-bond donors (Lipinski definition) is 0. The molecule has 11 rings (SSSR count). The summed E-state index contributed by atoms with van der Waals surface area (Å²) in [5.41, 5.74) is 15.3. The highest BCUT2D eigenvalue weighted by molar-refractivity contribution is 6.70. The van der Waals surface area contributed by atoms with Gasteiger partial charge in [-0.15, -0.1) is 0 Å². The van der Waals surface area contributed by atoms with Crippen molar-refractivity contribution < 1.29 is 4.74 Å². The molecule has 0 atom stereocenters. The third-order valence-electron chi connectivity index (χ3n) is 14.0. The number of aromatic nitrogens is 2. The first kappa shape index (κ1) is 44.0. The topological polar surface area (TPSA) is 36.8 Å². The molecule has 5 heterocycles. The largest absolute Gasteiger partial charge is 0.457 e. The van der Waals surface area contributed by atoms with Crippen LogP contribution in [0, 0.1) is 0 Å². The second kappa shape index (κ2) is 16.6. The van der Waals surface area contributed by atoms with Crippen LogP contribution in [0.25, 0.3) is 38.9 Å². The molecule has 0 saturated carbocycles. The van der Waals surface area contributed by atoms with E-state index in [4.69, 9.17) is 9.72 Å². The number of allylic oxidation sites excluding steroid dienone is 3. The predicted octanol–water partition coefficient (Wildman–Crippen LogP) is 15.7. The molecule has 0 radical (unpaired) electrons. The summed E-state index contributed by atoms with van der Waals surface area (Å²) in [6, 6.07) is 55.0. The quantitative estimate of drug-likeness (QED) is 0.149. The minimum absolute atomic E-state index is 0.0152. The Labute approximate surface area is 408 Å². The number of rotatable bonds is 7. The third kappa shape index (κ3) is 8.04. The van der Waals surface area contributed by atoms with Gasteiger partial charge >= 0.3 is 6.85 Å². The lowest BCUT2D eigenvalue weighted by Crippen LogP contribution is -2.40. The number of benzene rings is 6. The van der Waals surface area contributed by atoms with E-state index in [1.54, 1.807) is 0 Å². The van der Waals surface area contributed by atoms with Crippen LogP contribution in [-0.4, -0.2) is 27.9 Å². The molecule has 7 heteroatoms. The summed E-state index contributed by atoms with van der Waals surface area (Å²) >= 11 is 0. The fraction of sp³-hybridized carbons (Fsp3) is 0.210. The SMILES string of the molecule is CC(C)(C)c1cc(C2=CB3C=CC=CN3C(c3ccccc3)=C2N2CN(c3cccc(Oc4ccc5c6ccccc6n(-c6cc(C(C)(C)C)ccn6)c5c4)c3)c3ccccc32)cc(C(C)(C)C)c1. The molecular formula is C62H60BN5O. The van der Waals surface area contributed by atoms with Crippen molar-refractivity contribution in [3.8, 4) is 17.3 Å². The number of hydrogen-bond acceptors (Lipinski definition) is 5. The molecule has 0 saturated heterocycles. The van der Waals surface area contributed by atoms with Crippen molar-refractivity contribution in [2.75, 3.05) is 16.5 Å². The zero-order chi connectivity index (χ0) is 47.8. The van der Waals surface area contributed by atoms with Gasteiger partial charge in [-0.3, -0.25) is 4.57 Å². The maximum atomic E-state index is 6.86. The van der Waals surface area contributed by atoms with E-state index in [9.17, 15) is 0 Å². The second-order valence-corrected chi connectivity index (χ2v) is 21.8. The lowest BCUT2D eigenvalue weighted by molar-refractivity contribution is 0.483. The number of ether oxygens (including phenoxy) is 1. The molecule has 0 amide bonds. The minimum atomic E-state index is -0.0412. The summed E-state index contributed by atoms with van der Waals surface area (Å²) in [6.45, 7) is 21.3. The molecule has 6 aromatic carbocycles. The van der Waals surface area contributed by atoms with Crippen molar-refractivity contribution in [1.82, 2.24) is 14.4 Å². The van der Waals surface area contributed by atoms with Crippen LogP contribution in [0.4, 0.5) is 17.1 Å². The monoisotopic (exact) mass is 901 g/mol. The maximum absolute atomic E-state index is 6.86. The second-order valence-electron chi connectivity index (χ2n) is 21.8. The first-order valence-corrected chi connectivity index (χ1v) is 24.3. The van der Waals surface area contributed by atoms with E-state index in [0.29, 0.717) is 6.67 Å². The van der Waals surface area contributed by atoms with E-state index in [2.05, 4.69) is 263 Å². The van der Waals surface area contributed by atoms with Gasteiger partial charge in [-0.2, -0.15) is 0 Å². The van der Waals surface area contributed by atoms with Gasteiger partial charge in [0.25, 0.3) is 0 Å². The van der Waals surface area contributed by atoms with Crippen LogP contribution in [0.2, 0.25) is 0 Å². The summed E-state index contributed by atoms with van der Waals surface area (Å²) in [4.78, 5) is 12.3. The smallest absolute Gasteiger partial charge is 0.313 e. The summed E-state index contributed by atoms with van der Waals surface area (Å²) in [7, 11) is 0. The van der Waals surface area contributed by atoms with Crippen LogP contribution < -0.4 is 14.5 Å². The fourth-order valence-electron chi connectivity index (χ4n) is 10.2. The summed E-state index contributed by atoms with van der Waals surface area (Å²) in [6.07, 6.45) is 8.50. The number of anilines is 3. The van der Waals surface area contributed by atoms with Crippen molar-refractivity contribution in [2.24, 2.45) is 0 Å². The number of nitrogens with zero attached hydrogens (tertiary/aromatic N) is 5. The molecule has 0 fully saturated rings. The Kier molecular flexibility index (Phi) is 10.6. The Bertz CT molecular complexity index is 3400. The average molecular weight is 902 g/mol. The number of para-hydroxylation sites is 3. The van der Waals surface area contributed by atoms with Crippen LogP contribution in [0.15, 0.2) is 194 Å². The summed E-state index contributed by atoms with van der Waals surface area (Å²) < 4.78 is 9.13. The molecule has 8 aromatic rings. The van der Waals surface area contributed by atoms with Gasteiger partial charge in [0.2, 0.25) is 0 Å². The van der Waals surface area contributed by atoms with Crippen molar-refractivity contribution in [3.05, 3.63) is 222 Å². The van der Waals surface area contributed by atoms with Gasteiger partial charge in [-0.05, 0) is 117 Å². The first-order valence-electron chi connectivity index (χ1n) is 24.3. The predicted molar refractivity (Wildman–Crippen MR) is 291 cm³/mol.